The van der Waals surface area contributed by atoms with Crippen LogP contribution in [-0.4, -0.2) is 34.2 Å². The van der Waals surface area contributed by atoms with E-state index in [1.165, 1.54) is 6.33 Å². The van der Waals surface area contributed by atoms with Gasteiger partial charge in [0.15, 0.2) is 0 Å². The summed E-state index contributed by atoms with van der Waals surface area (Å²) in [6.07, 6.45) is 3.13. The molecule has 1 fully saturated rings. The van der Waals surface area contributed by atoms with Crippen LogP contribution >= 0.6 is 11.8 Å². The van der Waals surface area contributed by atoms with E-state index in [-0.39, 0.29) is 11.9 Å². The molecule has 1 aliphatic heterocycles. The molecule has 0 spiro atoms. The molecule has 1 aliphatic rings. The molecular formula is C20H18F2N4OS. The van der Waals surface area contributed by atoms with Gasteiger partial charge in [0.25, 0.3) is 5.76 Å². The number of nitrogens with one attached hydrogen (secondary N) is 1. The van der Waals surface area contributed by atoms with E-state index in [1.807, 2.05) is 29.2 Å². The van der Waals surface area contributed by atoms with Crippen LogP contribution in [0.25, 0.3) is 10.9 Å². The zero-order chi connectivity index (χ0) is 19.5. The fraction of sp³-hybridized carbons (Fsp3) is 0.250. The van der Waals surface area contributed by atoms with Gasteiger partial charge in [0.2, 0.25) is 5.91 Å². The van der Waals surface area contributed by atoms with Crippen molar-refractivity contribution < 1.29 is 13.6 Å². The molecule has 5 nitrogen and oxygen atoms in total. The fourth-order valence-electron chi connectivity index (χ4n) is 3.46. The maximum absolute atomic E-state index is 12.9. The van der Waals surface area contributed by atoms with Gasteiger partial charge in [0.05, 0.1) is 5.52 Å². The molecule has 1 N–H and O–H groups in total. The quantitative estimate of drug-likeness (QED) is 0.637. The topological polar surface area (TPSA) is 58.1 Å². The summed E-state index contributed by atoms with van der Waals surface area (Å²) in [4.78, 5) is 24.1. The summed E-state index contributed by atoms with van der Waals surface area (Å²) in [5, 5.41) is 3.81. The number of thioether (sulfide) groups is 1. The van der Waals surface area contributed by atoms with Gasteiger partial charge in [0, 0.05) is 22.5 Å². The molecular weight excluding hydrogens is 382 g/mol. The summed E-state index contributed by atoms with van der Waals surface area (Å²) in [6, 6.07) is 13.8. The summed E-state index contributed by atoms with van der Waals surface area (Å²) < 4.78 is 24.9. The van der Waals surface area contributed by atoms with Crippen molar-refractivity contribution in [2.45, 2.75) is 29.5 Å². The third-order valence-electron chi connectivity index (χ3n) is 4.70. The van der Waals surface area contributed by atoms with Crippen molar-refractivity contribution in [2.24, 2.45) is 0 Å². The Morgan fingerprint density at radius 2 is 1.93 bits per heavy atom. The number of carbonyl (C=O) groups excluding carboxylic acids is 1. The molecule has 0 radical (unpaired) electrons. The molecule has 2 aromatic carbocycles. The van der Waals surface area contributed by atoms with Gasteiger partial charge >= 0.3 is 0 Å². The molecule has 28 heavy (non-hydrogen) atoms. The van der Waals surface area contributed by atoms with Gasteiger partial charge in [0.1, 0.15) is 18.2 Å². The summed E-state index contributed by atoms with van der Waals surface area (Å²) in [7, 11) is 0. The van der Waals surface area contributed by atoms with Crippen LogP contribution in [0.2, 0.25) is 0 Å². The minimum Gasteiger partial charge on any atom is -0.344 e. The number of amides is 1. The molecule has 144 valence electrons. The Kier molecular flexibility index (Phi) is 5.38. The Labute approximate surface area is 165 Å². The van der Waals surface area contributed by atoms with Crippen LogP contribution in [0.1, 0.15) is 12.8 Å². The minimum absolute atomic E-state index is 0.130. The van der Waals surface area contributed by atoms with Gasteiger partial charge < -0.3 is 10.2 Å². The molecule has 0 bridgehead atoms. The van der Waals surface area contributed by atoms with Crippen LogP contribution in [0.3, 0.4) is 0 Å². The summed E-state index contributed by atoms with van der Waals surface area (Å²) in [5.41, 5.74) is 1.42. The second kappa shape index (κ2) is 8.10. The highest BCUT2D eigenvalue weighted by molar-refractivity contribution is 7.99. The number of nitrogens with zero attached hydrogens (tertiary/aromatic N) is 3. The first-order chi connectivity index (χ1) is 13.6. The number of anilines is 2. The van der Waals surface area contributed by atoms with Crippen LogP contribution in [0.15, 0.2) is 59.8 Å². The molecule has 1 atom stereocenters. The Bertz CT molecular complexity index is 978. The van der Waals surface area contributed by atoms with Crippen LogP contribution in [0.5, 0.6) is 0 Å². The highest BCUT2D eigenvalue weighted by atomic mass is 32.2. The minimum atomic E-state index is -2.46. The van der Waals surface area contributed by atoms with Gasteiger partial charge in [-0.3, -0.25) is 4.79 Å². The van der Waals surface area contributed by atoms with Crippen LogP contribution in [0.4, 0.5) is 20.3 Å². The average Bonchev–Trinajstić information content (AvgIpc) is 3.18. The van der Waals surface area contributed by atoms with E-state index < -0.39 is 5.76 Å². The first-order valence-corrected chi connectivity index (χ1v) is 9.82. The third kappa shape index (κ3) is 3.91. The van der Waals surface area contributed by atoms with Gasteiger partial charge in [-0.15, -0.1) is 0 Å². The Morgan fingerprint density at radius 1 is 1.14 bits per heavy atom. The molecule has 2 heterocycles. The zero-order valence-corrected chi connectivity index (χ0v) is 15.7. The SMILES string of the molecule is O=C(Nc1ccc(SC(F)F)cc1)[C@H]1CCCN1c1ncnc2ccccc12. The van der Waals surface area contributed by atoms with Crippen molar-refractivity contribution in [2.75, 3.05) is 16.8 Å². The maximum Gasteiger partial charge on any atom is 0.288 e. The van der Waals surface area contributed by atoms with Gasteiger partial charge in [-0.2, -0.15) is 8.78 Å². The van der Waals surface area contributed by atoms with Crippen molar-refractivity contribution in [1.29, 1.82) is 0 Å². The second-order valence-corrected chi connectivity index (χ2v) is 7.52. The van der Waals surface area contributed by atoms with Crippen LogP contribution in [0, 0.1) is 0 Å². The summed E-state index contributed by atoms with van der Waals surface area (Å²) in [6.45, 7) is 0.739. The first-order valence-electron chi connectivity index (χ1n) is 8.94. The monoisotopic (exact) mass is 400 g/mol. The van der Waals surface area contributed by atoms with E-state index in [2.05, 4.69) is 15.3 Å². The molecule has 1 aromatic heterocycles. The lowest BCUT2D eigenvalue weighted by atomic mass is 10.1. The molecule has 0 saturated carbocycles. The van der Waals surface area contributed by atoms with E-state index in [0.29, 0.717) is 22.3 Å². The number of carbonyl (C=O) groups is 1. The Morgan fingerprint density at radius 3 is 2.71 bits per heavy atom. The van der Waals surface area contributed by atoms with Crippen molar-refractivity contribution in [3.8, 4) is 0 Å². The smallest absolute Gasteiger partial charge is 0.288 e. The highest BCUT2D eigenvalue weighted by Gasteiger charge is 2.32. The predicted molar refractivity (Wildman–Crippen MR) is 107 cm³/mol. The van der Waals surface area contributed by atoms with E-state index in [0.717, 1.165) is 36.1 Å². The molecule has 0 unspecified atom stereocenters. The molecule has 0 aliphatic carbocycles. The normalized spacial score (nSPS) is 16.7. The molecule has 1 amide bonds. The van der Waals surface area contributed by atoms with Crippen molar-refractivity contribution in [3.05, 3.63) is 54.9 Å². The lowest BCUT2D eigenvalue weighted by Crippen LogP contribution is -2.40. The maximum atomic E-state index is 12.9. The highest BCUT2D eigenvalue weighted by Crippen LogP contribution is 2.30. The van der Waals surface area contributed by atoms with E-state index in [9.17, 15) is 13.6 Å². The van der Waals surface area contributed by atoms with E-state index in [1.54, 1.807) is 24.3 Å². The largest absolute Gasteiger partial charge is 0.344 e. The number of rotatable bonds is 5. The average molecular weight is 400 g/mol. The van der Waals surface area contributed by atoms with E-state index in [4.69, 9.17) is 0 Å². The number of aromatic nitrogens is 2. The van der Waals surface area contributed by atoms with Crippen molar-refractivity contribution in [3.63, 3.8) is 0 Å². The standard InChI is InChI=1S/C20H18F2N4OS/c21-20(22)28-14-9-7-13(8-10-14)25-19(27)17-6-3-11-26(17)18-15-4-1-2-5-16(15)23-12-24-18/h1-2,4-5,7-10,12,17,20H,3,6,11H2,(H,25,27)/t17-/m1/s1. The van der Waals surface area contributed by atoms with E-state index >= 15 is 0 Å². The third-order valence-corrected chi connectivity index (χ3v) is 5.42. The predicted octanol–water partition coefficient (Wildman–Crippen LogP) is 4.55. The van der Waals surface area contributed by atoms with Crippen LogP contribution in [-0.2, 0) is 4.79 Å². The number of hydrogen-bond donors (Lipinski definition) is 1. The number of halogens is 2. The molecule has 3 aromatic rings. The number of para-hydroxylation sites is 1. The second-order valence-electron chi connectivity index (χ2n) is 6.46. The van der Waals surface area contributed by atoms with Gasteiger partial charge in [-0.1, -0.05) is 23.9 Å². The van der Waals surface area contributed by atoms with Gasteiger partial charge in [-0.05, 0) is 49.2 Å². The molecule has 8 heteroatoms. The zero-order valence-electron chi connectivity index (χ0n) is 14.9. The lowest BCUT2D eigenvalue weighted by Gasteiger charge is -2.25. The summed E-state index contributed by atoms with van der Waals surface area (Å²) in [5.74, 6) is -1.84. The number of fused-ring (bicyclic) bond motifs is 1. The molecule has 1 saturated heterocycles. The molecule has 4 rings (SSSR count). The van der Waals surface area contributed by atoms with Crippen LogP contribution < -0.4 is 10.2 Å². The van der Waals surface area contributed by atoms with Gasteiger partial charge in [-0.25, -0.2) is 9.97 Å². The fourth-order valence-corrected chi connectivity index (χ4v) is 3.96. The summed E-state index contributed by atoms with van der Waals surface area (Å²) >= 11 is 0.482. The Balaban J connectivity index is 1.52. The van der Waals surface area contributed by atoms with Crippen molar-refractivity contribution >= 4 is 40.1 Å². The number of alkyl halides is 2. The lowest BCUT2D eigenvalue weighted by molar-refractivity contribution is -0.117. The Hall–Kier alpha value is -2.74. The number of hydrogen-bond acceptors (Lipinski definition) is 5. The van der Waals surface area contributed by atoms with Crippen molar-refractivity contribution in [1.82, 2.24) is 9.97 Å². The first kappa shape index (κ1) is 18.6. The number of benzene rings is 2.